The lowest BCUT2D eigenvalue weighted by molar-refractivity contribution is 0.0744. The monoisotopic (exact) mass is 292 g/mol. The van der Waals surface area contributed by atoms with Crippen LogP contribution in [-0.4, -0.2) is 16.0 Å². The van der Waals surface area contributed by atoms with Crippen molar-refractivity contribution >= 4 is 16.7 Å². The normalized spacial score (nSPS) is 10.6. The van der Waals surface area contributed by atoms with E-state index in [0.29, 0.717) is 12.1 Å². The van der Waals surface area contributed by atoms with Crippen LogP contribution in [-0.2, 0) is 6.54 Å². The standard InChI is InChI=1S/C18H16N2O2/c19-20(18(22)14-8-10-16(21)11-9-14)12-15-6-3-5-13-4-1-2-7-17(13)15/h1-11,21H,12,19H2. The predicted molar refractivity (Wildman–Crippen MR) is 86.1 cm³/mol. The Balaban J connectivity index is 1.85. The van der Waals surface area contributed by atoms with Crippen molar-refractivity contribution in [1.29, 1.82) is 0 Å². The van der Waals surface area contributed by atoms with Crippen molar-refractivity contribution in [2.24, 2.45) is 5.84 Å². The number of phenolic OH excluding ortho intramolecular Hbond substituents is 1. The van der Waals surface area contributed by atoms with Crippen LogP contribution >= 0.6 is 0 Å². The van der Waals surface area contributed by atoms with Crippen LogP contribution in [0.1, 0.15) is 15.9 Å². The Kier molecular flexibility index (Phi) is 3.76. The number of fused-ring (bicyclic) bond motifs is 1. The molecule has 3 N–H and O–H groups in total. The Morgan fingerprint density at radius 1 is 0.955 bits per heavy atom. The van der Waals surface area contributed by atoms with Crippen LogP contribution in [0.15, 0.2) is 66.7 Å². The van der Waals surface area contributed by atoms with Gasteiger partial charge in [-0.15, -0.1) is 0 Å². The number of nitrogens with two attached hydrogens (primary N) is 1. The molecule has 0 bridgehead atoms. The third kappa shape index (κ3) is 2.77. The topological polar surface area (TPSA) is 66.6 Å². The maximum Gasteiger partial charge on any atom is 0.268 e. The highest BCUT2D eigenvalue weighted by molar-refractivity contribution is 5.94. The van der Waals surface area contributed by atoms with E-state index in [-0.39, 0.29) is 11.7 Å². The number of carbonyl (C=O) groups excluding carboxylic acids is 1. The Morgan fingerprint density at radius 3 is 2.41 bits per heavy atom. The van der Waals surface area contributed by atoms with E-state index < -0.39 is 0 Å². The number of hydrazine groups is 1. The number of phenols is 1. The average Bonchev–Trinajstić information content (AvgIpc) is 2.55. The Labute approximate surface area is 128 Å². The van der Waals surface area contributed by atoms with Gasteiger partial charge in [-0.3, -0.25) is 9.80 Å². The molecule has 0 saturated heterocycles. The second-order valence-electron chi connectivity index (χ2n) is 5.12. The average molecular weight is 292 g/mol. The second-order valence-corrected chi connectivity index (χ2v) is 5.12. The van der Waals surface area contributed by atoms with Gasteiger partial charge in [0.1, 0.15) is 5.75 Å². The zero-order valence-corrected chi connectivity index (χ0v) is 11.9. The highest BCUT2D eigenvalue weighted by Crippen LogP contribution is 2.20. The highest BCUT2D eigenvalue weighted by atomic mass is 16.3. The largest absolute Gasteiger partial charge is 0.508 e. The molecule has 4 heteroatoms. The van der Waals surface area contributed by atoms with E-state index in [1.807, 2.05) is 42.5 Å². The molecule has 0 heterocycles. The van der Waals surface area contributed by atoms with Gasteiger partial charge in [-0.25, -0.2) is 5.84 Å². The summed E-state index contributed by atoms with van der Waals surface area (Å²) < 4.78 is 0. The maximum absolute atomic E-state index is 12.3. The van der Waals surface area contributed by atoms with Crippen molar-refractivity contribution in [3.05, 3.63) is 77.9 Å². The number of nitrogens with zero attached hydrogens (tertiary/aromatic N) is 1. The van der Waals surface area contributed by atoms with E-state index in [4.69, 9.17) is 5.84 Å². The summed E-state index contributed by atoms with van der Waals surface area (Å²) in [5.74, 6) is 5.77. The van der Waals surface area contributed by atoms with Crippen molar-refractivity contribution < 1.29 is 9.90 Å². The van der Waals surface area contributed by atoms with Gasteiger partial charge >= 0.3 is 0 Å². The molecule has 0 fully saturated rings. The van der Waals surface area contributed by atoms with Crippen LogP contribution in [0.3, 0.4) is 0 Å². The van der Waals surface area contributed by atoms with Gasteiger partial charge in [0.15, 0.2) is 0 Å². The summed E-state index contributed by atoms with van der Waals surface area (Å²) in [5.41, 5.74) is 1.44. The van der Waals surface area contributed by atoms with E-state index in [0.717, 1.165) is 16.3 Å². The molecule has 1 amide bonds. The number of amides is 1. The summed E-state index contributed by atoms with van der Waals surface area (Å²) in [6.45, 7) is 0.320. The number of hydrogen-bond acceptors (Lipinski definition) is 3. The quantitative estimate of drug-likeness (QED) is 0.443. The third-order valence-corrected chi connectivity index (χ3v) is 3.60. The van der Waals surface area contributed by atoms with Crippen LogP contribution in [0.5, 0.6) is 5.75 Å². The minimum atomic E-state index is -0.284. The van der Waals surface area contributed by atoms with E-state index in [1.54, 1.807) is 12.1 Å². The third-order valence-electron chi connectivity index (χ3n) is 3.60. The first kappa shape index (κ1) is 14.1. The number of hydrogen-bond donors (Lipinski definition) is 2. The van der Waals surface area contributed by atoms with Gasteiger partial charge < -0.3 is 5.11 Å². The molecule has 0 aliphatic carbocycles. The van der Waals surface area contributed by atoms with Crippen molar-refractivity contribution in [3.63, 3.8) is 0 Å². The fraction of sp³-hybridized carbons (Fsp3) is 0.0556. The summed E-state index contributed by atoms with van der Waals surface area (Å²) in [6.07, 6.45) is 0. The molecule has 3 aromatic rings. The zero-order valence-electron chi connectivity index (χ0n) is 11.9. The molecule has 22 heavy (non-hydrogen) atoms. The molecule has 0 spiro atoms. The second kappa shape index (κ2) is 5.87. The van der Waals surface area contributed by atoms with E-state index in [9.17, 15) is 9.90 Å². The molecule has 0 aromatic heterocycles. The fourth-order valence-electron chi connectivity index (χ4n) is 2.46. The van der Waals surface area contributed by atoms with Crippen molar-refractivity contribution in [3.8, 4) is 5.75 Å². The molecule has 0 radical (unpaired) electrons. The number of aromatic hydroxyl groups is 1. The SMILES string of the molecule is NN(Cc1cccc2ccccc12)C(=O)c1ccc(O)cc1. The first-order valence-corrected chi connectivity index (χ1v) is 6.97. The van der Waals surface area contributed by atoms with Crippen LogP contribution in [0, 0.1) is 0 Å². The van der Waals surface area contributed by atoms with E-state index in [2.05, 4.69) is 0 Å². The lowest BCUT2D eigenvalue weighted by Gasteiger charge is -2.18. The number of rotatable bonds is 3. The van der Waals surface area contributed by atoms with E-state index in [1.165, 1.54) is 17.1 Å². The molecule has 0 saturated carbocycles. The predicted octanol–water partition coefficient (Wildman–Crippen LogP) is 3.06. The molecule has 3 aromatic carbocycles. The summed E-state index contributed by atoms with van der Waals surface area (Å²) in [6, 6.07) is 20.0. The molecule has 0 atom stereocenters. The Bertz CT molecular complexity index is 807. The minimum absolute atomic E-state index is 0.120. The van der Waals surface area contributed by atoms with Gasteiger partial charge in [-0.05, 0) is 40.6 Å². The summed E-state index contributed by atoms with van der Waals surface area (Å²) in [5, 5.41) is 12.7. The maximum atomic E-state index is 12.3. The first-order valence-electron chi connectivity index (χ1n) is 6.97. The van der Waals surface area contributed by atoms with Gasteiger partial charge in [0.2, 0.25) is 0 Å². The number of benzene rings is 3. The smallest absolute Gasteiger partial charge is 0.268 e. The molecule has 0 aliphatic heterocycles. The lowest BCUT2D eigenvalue weighted by atomic mass is 10.0. The molecular weight excluding hydrogens is 276 g/mol. The first-order chi connectivity index (χ1) is 10.6. The Hall–Kier alpha value is -2.85. The molecule has 3 rings (SSSR count). The van der Waals surface area contributed by atoms with Crippen LogP contribution < -0.4 is 5.84 Å². The van der Waals surface area contributed by atoms with Crippen LogP contribution in [0.2, 0.25) is 0 Å². The highest BCUT2D eigenvalue weighted by Gasteiger charge is 2.13. The Morgan fingerprint density at radius 2 is 1.64 bits per heavy atom. The van der Waals surface area contributed by atoms with Gasteiger partial charge in [-0.1, -0.05) is 42.5 Å². The van der Waals surface area contributed by atoms with Crippen molar-refractivity contribution in [2.75, 3.05) is 0 Å². The lowest BCUT2D eigenvalue weighted by Crippen LogP contribution is -2.36. The number of carbonyl (C=O) groups is 1. The zero-order chi connectivity index (χ0) is 15.5. The van der Waals surface area contributed by atoms with Crippen LogP contribution in [0.4, 0.5) is 0 Å². The molecule has 0 aliphatic rings. The van der Waals surface area contributed by atoms with Gasteiger partial charge in [0.25, 0.3) is 5.91 Å². The summed E-state index contributed by atoms with van der Waals surface area (Å²) in [4.78, 5) is 12.3. The van der Waals surface area contributed by atoms with Crippen molar-refractivity contribution in [1.82, 2.24) is 5.01 Å². The van der Waals surface area contributed by atoms with Gasteiger partial charge in [0.05, 0.1) is 6.54 Å². The van der Waals surface area contributed by atoms with Crippen molar-refractivity contribution in [2.45, 2.75) is 6.54 Å². The van der Waals surface area contributed by atoms with E-state index >= 15 is 0 Å². The minimum Gasteiger partial charge on any atom is -0.508 e. The van der Waals surface area contributed by atoms with Gasteiger partial charge in [0, 0.05) is 5.56 Å². The van der Waals surface area contributed by atoms with Crippen LogP contribution in [0.25, 0.3) is 10.8 Å². The molecule has 4 nitrogen and oxygen atoms in total. The van der Waals surface area contributed by atoms with Gasteiger partial charge in [-0.2, -0.15) is 0 Å². The fourth-order valence-corrected chi connectivity index (χ4v) is 2.46. The summed E-state index contributed by atoms with van der Waals surface area (Å²) >= 11 is 0. The molecular formula is C18H16N2O2. The molecule has 0 unspecified atom stereocenters. The summed E-state index contributed by atoms with van der Waals surface area (Å²) in [7, 11) is 0. The molecule has 110 valence electrons.